The molecule has 2 aromatic rings. The number of halogens is 1. The van der Waals surface area contributed by atoms with Crippen LogP contribution in [-0.4, -0.2) is 0 Å². The molecule has 0 spiro atoms. The lowest BCUT2D eigenvalue weighted by Crippen LogP contribution is -1.87. The van der Waals surface area contributed by atoms with Crippen LogP contribution in [0.2, 0.25) is 0 Å². The van der Waals surface area contributed by atoms with Gasteiger partial charge in [-0.2, -0.15) is 0 Å². The minimum atomic E-state index is 1.12. The fraction of sp³-hybridized carbons (Fsp3) is 0.417. The Balaban J connectivity index is 1.66. The van der Waals surface area contributed by atoms with E-state index in [9.17, 15) is 0 Å². The highest BCUT2D eigenvalue weighted by molar-refractivity contribution is 9.10. The van der Waals surface area contributed by atoms with Gasteiger partial charge in [0.25, 0.3) is 0 Å². The van der Waals surface area contributed by atoms with Gasteiger partial charge in [-0.05, 0) is 41.7 Å². The Labute approximate surface area is 162 Å². The maximum Gasteiger partial charge on any atom is 0.0175 e. The molecule has 0 aliphatic carbocycles. The Hall–Kier alpha value is -1.34. The average Bonchev–Trinajstić information content (AvgIpc) is 2.64. The van der Waals surface area contributed by atoms with Crippen molar-refractivity contribution in [2.45, 2.75) is 64.7 Å². The Morgan fingerprint density at radius 3 is 1.68 bits per heavy atom. The second-order valence-corrected chi connectivity index (χ2v) is 7.77. The second-order valence-electron chi connectivity index (χ2n) is 6.85. The van der Waals surface area contributed by atoms with E-state index in [0.717, 1.165) is 4.47 Å². The fourth-order valence-electron chi connectivity index (χ4n) is 3.02. The predicted octanol–water partition coefficient (Wildman–Crippen LogP) is 8.30. The summed E-state index contributed by atoms with van der Waals surface area (Å²) in [5.41, 5.74) is 3.96. The van der Waals surface area contributed by atoms with Crippen LogP contribution >= 0.6 is 15.9 Å². The molecule has 0 amide bonds. The normalized spacial score (nSPS) is 11.3. The van der Waals surface area contributed by atoms with Gasteiger partial charge in [-0.1, -0.05) is 116 Å². The van der Waals surface area contributed by atoms with E-state index in [1.807, 2.05) is 0 Å². The third kappa shape index (κ3) is 8.54. The quantitative estimate of drug-likeness (QED) is 0.263. The van der Waals surface area contributed by atoms with Gasteiger partial charge in [0, 0.05) is 4.47 Å². The molecule has 0 atom stereocenters. The molecule has 0 heterocycles. The maximum atomic E-state index is 3.47. The monoisotopic (exact) mass is 398 g/mol. The Morgan fingerprint density at radius 1 is 0.640 bits per heavy atom. The van der Waals surface area contributed by atoms with Crippen molar-refractivity contribution in [1.82, 2.24) is 0 Å². The van der Waals surface area contributed by atoms with E-state index in [0.29, 0.717) is 0 Å². The number of hydrogen-bond acceptors (Lipinski definition) is 0. The summed E-state index contributed by atoms with van der Waals surface area (Å²) in [4.78, 5) is 0. The van der Waals surface area contributed by atoms with Crippen LogP contribution in [0, 0.1) is 0 Å². The zero-order valence-electron chi connectivity index (χ0n) is 15.5. The van der Waals surface area contributed by atoms with Gasteiger partial charge in [-0.15, -0.1) is 0 Å². The third-order valence-electron chi connectivity index (χ3n) is 4.64. The van der Waals surface area contributed by atoms with Crippen molar-refractivity contribution >= 4 is 28.1 Å². The standard InChI is InChI=1S/C24H31Br/c1-2-3-4-5-6-7-8-9-10-21-11-13-22(14-12-21)15-16-23-17-19-24(25)20-18-23/h11-20H,2-10H2,1H3. The summed E-state index contributed by atoms with van der Waals surface area (Å²) >= 11 is 3.47. The van der Waals surface area contributed by atoms with Crippen LogP contribution in [0.5, 0.6) is 0 Å². The molecule has 134 valence electrons. The van der Waals surface area contributed by atoms with Gasteiger partial charge >= 0.3 is 0 Å². The van der Waals surface area contributed by atoms with E-state index in [1.165, 1.54) is 74.5 Å². The molecule has 0 saturated carbocycles. The first-order valence-electron chi connectivity index (χ1n) is 9.80. The lowest BCUT2D eigenvalue weighted by atomic mass is 10.0. The van der Waals surface area contributed by atoms with E-state index in [2.05, 4.69) is 83.5 Å². The molecule has 1 heteroatoms. The average molecular weight is 399 g/mol. The fourth-order valence-corrected chi connectivity index (χ4v) is 3.29. The Bertz CT molecular complexity index is 608. The van der Waals surface area contributed by atoms with Gasteiger partial charge in [-0.3, -0.25) is 0 Å². The Morgan fingerprint density at radius 2 is 1.12 bits per heavy atom. The first kappa shape index (κ1) is 20.0. The highest BCUT2D eigenvalue weighted by atomic mass is 79.9. The number of hydrogen-bond donors (Lipinski definition) is 0. The SMILES string of the molecule is CCCCCCCCCCc1ccc(C=Cc2ccc(Br)cc2)cc1. The van der Waals surface area contributed by atoms with Gasteiger partial charge < -0.3 is 0 Å². The lowest BCUT2D eigenvalue weighted by molar-refractivity contribution is 0.575. The zero-order chi connectivity index (χ0) is 17.7. The molecule has 0 saturated heterocycles. The van der Waals surface area contributed by atoms with Crippen LogP contribution in [0.3, 0.4) is 0 Å². The third-order valence-corrected chi connectivity index (χ3v) is 5.17. The summed E-state index contributed by atoms with van der Waals surface area (Å²) in [7, 11) is 0. The smallest absolute Gasteiger partial charge is 0.0175 e. The van der Waals surface area contributed by atoms with Crippen molar-refractivity contribution in [3.8, 4) is 0 Å². The number of unbranched alkanes of at least 4 members (excludes halogenated alkanes) is 7. The Kier molecular flexibility index (Phi) is 9.66. The maximum absolute atomic E-state index is 3.47. The molecular weight excluding hydrogens is 368 g/mol. The van der Waals surface area contributed by atoms with Crippen LogP contribution < -0.4 is 0 Å². The largest absolute Gasteiger partial charge is 0.0654 e. The summed E-state index contributed by atoms with van der Waals surface area (Å²) in [6, 6.07) is 17.4. The number of aryl methyl sites for hydroxylation is 1. The molecule has 0 nitrogen and oxygen atoms in total. The van der Waals surface area contributed by atoms with Crippen LogP contribution in [0.1, 0.15) is 75.0 Å². The highest BCUT2D eigenvalue weighted by Gasteiger charge is 1.96. The minimum Gasteiger partial charge on any atom is -0.0654 e. The second kappa shape index (κ2) is 12.1. The summed E-state index contributed by atoms with van der Waals surface area (Å²) in [6.45, 7) is 2.28. The van der Waals surface area contributed by atoms with Gasteiger partial charge in [0.1, 0.15) is 0 Å². The first-order valence-corrected chi connectivity index (χ1v) is 10.6. The minimum absolute atomic E-state index is 1.12. The zero-order valence-corrected chi connectivity index (χ0v) is 17.1. The first-order chi connectivity index (χ1) is 12.3. The van der Waals surface area contributed by atoms with Crippen molar-refractivity contribution in [1.29, 1.82) is 0 Å². The van der Waals surface area contributed by atoms with Crippen LogP contribution in [0.4, 0.5) is 0 Å². The molecule has 2 rings (SSSR count). The predicted molar refractivity (Wildman–Crippen MR) is 116 cm³/mol. The number of rotatable bonds is 11. The van der Waals surface area contributed by atoms with Gasteiger partial charge in [0.05, 0.1) is 0 Å². The summed E-state index contributed by atoms with van der Waals surface area (Å²) in [5, 5.41) is 0. The molecule has 2 aromatic carbocycles. The van der Waals surface area contributed by atoms with Crippen molar-refractivity contribution in [3.63, 3.8) is 0 Å². The molecule has 0 bridgehead atoms. The molecule has 0 N–H and O–H groups in total. The molecular formula is C24H31Br. The van der Waals surface area contributed by atoms with Crippen molar-refractivity contribution < 1.29 is 0 Å². The molecule has 0 fully saturated rings. The lowest BCUT2D eigenvalue weighted by Gasteiger charge is -2.03. The molecule has 0 aliphatic heterocycles. The molecule has 0 unspecified atom stereocenters. The summed E-state index contributed by atoms with van der Waals surface area (Å²) in [5.74, 6) is 0. The van der Waals surface area contributed by atoms with E-state index in [1.54, 1.807) is 0 Å². The number of benzene rings is 2. The molecule has 0 radical (unpaired) electrons. The molecule has 0 aromatic heterocycles. The van der Waals surface area contributed by atoms with Gasteiger partial charge in [0.15, 0.2) is 0 Å². The van der Waals surface area contributed by atoms with E-state index in [-0.39, 0.29) is 0 Å². The topological polar surface area (TPSA) is 0 Å². The molecule has 0 aliphatic rings. The van der Waals surface area contributed by atoms with E-state index >= 15 is 0 Å². The molecule has 25 heavy (non-hydrogen) atoms. The van der Waals surface area contributed by atoms with Gasteiger partial charge in [0.2, 0.25) is 0 Å². The van der Waals surface area contributed by atoms with Crippen molar-refractivity contribution in [2.24, 2.45) is 0 Å². The highest BCUT2D eigenvalue weighted by Crippen LogP contribution is 2.15. The summed E-state index contributed by atoms with van der Waals surface area (Å²) < 4.78 is 1.12. The van der Waals surface area contributed by atoms with Crippen LogP contribution in [0.25, 0.3) is 12.2 Å². The van der Waals surface area contributed by atoms with Crippen LogP contribution in [-0.2, 0) is 6.42 Å². The van der Waals surface area contributed by atoms with Crippen LogP contribution in [0.15, 0.2) is 53.0 Å². The van der Waals surface area contributed by atoms with Crippen molar-refractivity contribution in [3.05, 3.63) is 69.7 Å². The summed E-state index contributed by atoms with van der Waals surface area (Å²) in [6.07, 6.45) is 16.7. The van der Waals surface area contributed by atoms with E-state index < -0.39 is 0 Å². The van der Waals surface area contributed by atoms with Gasteiger partial charge in [-0.25, -0.2) is 0 Å². The van der Waals surface area contributed by atoms with Crippen molar-refractivity contribution in [2.75, 3.05) is 0 Å². The van der Waals surface area contributed by atoms with E-state index in [4.69, 9.17) is 0 Å².